The van der Waals surface area contributed by atoms with E-state index in [2.05, 4.69) is 15.3 Å². The fourth-order valence-electron chi connectivity index (χ4n) is 3.00. The van der Waals surface area contributed by atoms with Gasteiger partial charge in [0, 0.05) is 29.4 Å². The zero-order valence-corrected chi connectivity index (χ0v) is 16.0. The summed E-state index contributed by atoms with van der Waals surface area (Å²) in [5.41, 5.74) is 1.76. The van der Waals surface area contributed by atoms with Gasteiger partial charge in [-0.05, 0) is 36.4 Å². The van der Waals surface area contributed by atoms with Crippen LogP contribution in [0.2, 0.25) is 0 Å². The van der Waals surface area contributed by atoms with E-state index in [0.717, 1.165) is 23.8 Å². The van der Waals surface area contributed by atoms with Gasteiger partial charge in [0.25, 0.3) is 5.91 Å². The molecule has 4 rings (SSSR count). The largest absolute Gasteiger partial charge is 0.452 e. The molecule has 4 aromatic rings. The Hall–Kier alpha value is -4.20. The standard InChI is InChI=1S/C23H15F2N3O3/c24-15-5-6-18(25)21(11-15)28-22(29)13-31-23(30)17-12-20(14-7-9-26-10-8-14)27-19-4-2-1-3-16(17)19/h1-12H,13H2,(H,28,29). The van der Waals surface area contributed by atoms with Crippen LogP contribution in [0.3, 0.4) is 0 Å². The number of nitrogens with one attached hydrogen (secondary N) is 1. The van der Waals surface area contributed by atoms with Crippen molar-refractivity contribution >= 4 is 28.5 Å². The van der Waals surface area contributed by atoms with Crippen LogP contribution in [0.25, 0.3) is 22.2 Å². The Labute approximate surface area is 175 Å². The minimum Gasteiger partial charge on any atom is -0.452 e. The van der Waals surface area contributed by atoms with Gasteiger partial charge in [0.15, 0.2) is 6.61 Å². The van der Waals surface area contributed by atoms with Gasteiger partial charge in [0.1, 0.15) is 11.6 Å². The molecule has 0 aliphatic carbocycles. The van der Waals surface area contributed by atoms with Crippen molar-refractivity contribution in [2.45, 2.75) is 0 Å². The fourth-order valence-corrected chi connectivity index (χ4v) is 3.00. The number of esters is 1. The van der Waals surface area contributed by atoms with Gasteiger partial charge < -0.3 is 10.1 Å². The summed E-state index contributed by atoms with van der Waals surface area (Å²) in [6.45, 7) is -0.671. The zero-order valence-electron chi connectivity index (χ0n) is 16.0. The van der Waals surface area contributed by atoms with Crippen LogP contribution in [-0.4, -0.2) is 28.5 Å². The number of anilines is 1. The summed E-state index contributed by atoms with van der Waals surface area (Å²) in [7, 11) is 0. The summed E-state index contributed by atoms with van der Waals surface area (Å²) in [5, 5.41) is 2.74. The minimum absolute atomic E-state index is 0.224. The molecule has 0 saturated carbocycles. The van der Waals surface area contributed by atoms with Gasteiger partial charge in [-0.3, -0.25) is 9.78 Å². The molecular formula is C23H15F2N3O3. The molecule has 0 atom stereocenters. The summed E-state index contributed by atoms with van der Waals surface area (Å²) < 4.78 is 32.0. The number of pyridine rings is 2. The summed E-state index contributed by atoms with van der Waals surface area (Å²) in [4.78, 5) is 33.3. The molecule has 1 N–H and O–H groups in total. The zero-order chi connectivity index (χ0) is 21.8. The molecule has 31 heavy (non-hydrogen) atoms. The Morgan fingerprint density at radius 1 is 0.968 bits per heavy atom. The van der Waals surface area contributed by atoms with Crippen molar-refractivity contribution in [3.63, 3.8) is 0 Å². The molecule has 0 spiro atoms. The topological polar surface area (TPSA) is 81.2 Å². The lowest BCUT2D eigenvalue weighted by Crippen LogP contribution is -2.21. The number of carbonyl (C=O) groups excluding carboxylic acids is 2. The number of aromatic nitrogens is 2. The molecule has 154 valence electrons. The van der Waals surface area contributed by atoms with Crippen molar-refractivity contribution < 1.29 is 23.1 Å². The van der Waals surface area contributed by atoms with Gasteiger partial charge in [-0.2, -0.15) is 0 Å². The van der Waals surface area contributed by atoms with Crippen molar-refractivity contribution in [1.82, 2.24) is 9.97 Å². The van der Waals surface area contributed by atoms with E-state index in [1.165, 1.54) is 0 Å². The van der Waals surface area contributed by atoms with E-state index >= 15 is 0 Å². The first kappa shape index (κ1) is 20.1. The summed E-state index contributed by atoms with van der Waals surface area (Å²) in [5.74, 6) is -3.06. The average molecular weight is 419 g/mol. The highest BCUT2D eigenvalue weighted by molar-refractivity contribution is 6.05. The van der Waals surface area contributed by atoms with E-state index in [1.807, 2.05) is 0 Å². The Balaban J connectivity index is 1.56. The summed E-state index contributed by atoms with van der Waals surface area (Å²) in [6, 6.07) is 14.8. The monoisotopic (exact) mass is 419 g/mol. The van der Waals surface area contributed by atoms with Gasteiger partial charge in [-0.1, -0.05) is 18.2 Å². The number of hydrogen-bond donors (Lipinski definition) is 1. The number of hydrogen-bond acceptors (Lipinski definition) is 5. The lowest BCUT2D eigenvalue weighted by Gasteiger charge is -2.11. The number of ether oxygens (including phenoxy) is 1. The van der Waals surface area contributed by atoms with E-state index < -0.39 is 30.1 Å². The highest BCUT2D eigenvalue weighted by Gasteiger charge is 2.17. The number of para-hydroxylation sites is 1. The predicted octanol–water partition coefficient (Wildman–Crippen LogP) is 4.37. The van der Waals surface area contributed by atoms with E-state index in [0.29, 0.717) is 16.6 Å². The first-order valence-electron chi connectivity index (χ1n) is 9.23. The van der Waals surface area contributed by atoms with Crippen LogP contribution in [-0.2, 0) is 9.53 Å². The number of carbonyl (C=O) groups is 2. The molecule has 0 bridgehead atoms. The molecule has 8 heteroatoms. The molecule has 0 radical (unpaired) electrons. The Bertz CT molecular complexity index is 1280. The third kappa shape index (κ3) is 4.53. The second-order valence-corrected chi connectivity index (χ2v) is 6.56. The molecule has 0 aliphatic rings. The predicted molar refractivity (Wildman–Crippen MR) is 110 cm³/mol. The van der Waals surface area contributed by atoms with Crippen molar-refractivity contribution in [3.8, 4) is 11.3 Å². The molecule has 0 fully saturated rings. The van der Waals surface area contributed by atoms with Gasteiger partial charge in [-0.25, -0.2) is 18.6 Å². The maximum atomic E-state index is 13.7. The van der Waals surface area contributed by atoms with Crippen LogP contribution >= 0.6 is 0 Å². The molecule has 2 aromatic heterocycles. The number of nitrogens with zero attached hydrogens (tertiary/aromatic N) is 2. The van der Waals surface area contributed by atoms with Crippen molar-refractivity contribution in [1.29, 1.82) is 0 Å². The van der Waals surface area contributed by atoms with E-state index in [9.17, 15) is 18.4 Å². The molecule has 0 aliphatic heterocycles. The van der Waals surface area contributed by atoms with Gasteiger partial charge in [0.05, 0.1) is 22.5 Å². The SMILES string of the molecule is O=C(COC(=O)c1cc(-c2ccncc2)nc2ccccc12)Nc1cc(F)ccc1F. The van der Waals surface area contributed by atoms with Crippen LogP contribution in [0, 0.1) is 11.6 Å². The second-order valence-electron chi connectivity index (χ2n) is 6.56. The molecule has 6 nitrogen and oxygen atoms in total. The number of halogens is 2. The first-order valence-corrected chi connectivity index (χ1v) is 9.23. The molecule has 2 heterocycles. The van der Waals surface area contributed by atoms with E-state index in [4.69, 9.17) is 4.74 Å². The van der Waals surface area contributed by atoms with Crippen LogP contribution < -0.4 is 5.32 Å². The van der Waals surface area contributed by atoms with Gasteiger partial charge in [0.2, 0.25) is 0 Å². The fraction of sp³-hybridized carbons (Fsp3) is 0.0435. The van der Waals surface area contributed by atoms with Gasteiger partial charge >= 0.3 is 5.97 Å². The number of amides is 1. The van der Waals surface area contributed by atoms with Gasteiger partial charge in [-0.15, -0.1) is 0 Å². The third-order valence-electron chi connectivity index (χ3n) is 4.45. The quantitative estimate of drug-likeness (QED) is 0.486. The van der Waals surface area contributed by atoms with Crippen LogP contribution in [0.5, 0.6) is 0 Å². The molecular weight excluding hydrogens is 404 g/mol. The first-order chi connectivity index (χ1) is 15.0. The van der Waals surface area contributed by atoms with Crippen LogP contribution in [0.1, 0.15) is 10.4 Å². The Morgan fingerprint density at radius 3 is 2.55 bits per heavy atom. The van der Waals surface area contributed by atoms with Crippen molar-refractivity contribution in [3.05, 3.63) is 90.3 Å². The maximum absolute atomic E-state index is 13.7. The smallest absolute Gasteiger partial charge is 0.339 e. The summed E-state index contributed by atoms with van der Waals surface area (Å²) in [6.07, 6.45) is 3.22. The highest BCUT2D eigenvalue weighted by atomic mass is 19.1. The lowest BCUT2D eigenvalue weighted by molar-refractivity contribution is -0.119. The van der Waals surface area contributed by atoms with Crippen LogP contribution in [0.15, 0.2) is 73.1 Å². The lowest BCUT2D eigenvalue weighted by atomic mass is 10.0. The molecule has 0 unspecified atom stereocenters. The van der Waals surface area contributed by atoms with Crippen LogP contribution in [0.4, 0.5) is 14.5 Å². The van der Waals surface area contributed by atoms with Crippen molar-refractivity contribution in [2.24, 2.45) is 0 Å². The highest BCUT2D eigenvalue weighted by Crippen LogP contribution is 2.25. The summed E-state index contributed by atoms with van der Waals surface area (Å²) >= 11 is 0. The normalized spacial score (nSPS) is 10.6. The maximum Gasteiger partial charge on any atom is 0.339 e. The number of fused-ring (bicyclic) bond motifs is 1. The third-order valence-corrected chi connectivity index (χ3v) is 4.45. The number of benzene rings is 2. The minimum atomic E-state index is -0.803. The number of rotatable bonds is 5. The molecule has 2 aromatic carbocycles. The van der Waals surface area contributed by atoms with E-state index in [1.54, 1.807) is 54.9 Å². The van der Waals surface area contributed by atoms with E-state index in [-0.39, 0.29) is 11.3 Å². The molecule has 0 saturated heterocycles. The second kappa shape index (κ2) is 8.66. The Morgan fingerprint density at radius 2 is 1.74 bits per heavy atom. The Kier molecular flexibility index (Phi) is 5.61. The molecule has 1 amide bonds. The average Bonchev–Trinajstić information content (AvgIpc) is 2.79. The van der Waals surface area contributed by atoms with Crippen molar-refractivity contribution in [2.75, 3.05) is 11.9 Å².